The summed E-state index contributed by atoms with van der Waals surface area (Å²) in [6, 6.07) is 35.3. The number of nitrogens with one attached hydrogen (secondary N) is 2. The van der Waals surface area contributed by atoms with Crippen molar-refractivity contribution < 1.29 is 29.0 Å². The van der Waals surface area contributed by atoms with Gasteiger partial charge in [-0.3, -0.25) is 29.5 Å². The Labute approximate surface area is 338 Å². The number of hydrazine groups is 1. The number of methoxy groups -OCH3 is 1. The maximum absolute atomic E-state index is 15.4. The van der Waals surface area contributed by atoms with Gasteiger partial charge < -0.3 is 15.2 Å². The van der Waals surface area contributed by atoms with E-state index in [2.05, 4.69) is 10.7 Å². The van der Waals surface area contributed by atoms with Crippen LogP contribution in [0.2, 0.25) is 10.0 Å². The van der Waals surface area contributed by atoms with E-state index >= 15 is 4.79 Å². The fourth-order valence-electron chi connectivity index (χ4n) is 9.56. The first-order valence-corrected chi connectivity index (χ1v) is 19.4. The molecule has 1 saturated carbocycles. The van der Waals surface area contributed by atoms with Crippen LogP contribution in [0.5, 0.6) is 11.5 Å². The summed E-state index contributed by atoms with van der Waals surface area (Å²) in [6.07, 6.45) is 2.28. The number of imide groups is 2. The number of rotatable bonds is 8. The molecule has 0 aromatic heterocycles. The standard InChI is InChI=1S/C45H36Cl2N4O6/c1-57-30-18-11-25(12-19-30)45-35(42(54)51(44(45)56)49-37-22-13-26(46)23-36(37)47)24-34-31(40(45)32-9-5-6-10-38(32)52)20-21-33-39(34)43(55)50(41(33)53)29-16-14-28(15-17-29)48-27-7-3-2-4-8-27/h2-20,22-23,33-35,39-40,48-49,52H,21,24H2,1H3. The zero-order valence-corrected chi connectivity index (χ0v) is 32.1. The maximum Gasteiger partial charge on any atom is 0.260 e. The van der Waals surface area contributed by atoms with Gasteiger partial charge >= 0.3 is 0 Å². The lowest BCUT2D eigenvalue weighted by Crippen LogP contribution is -2.53. The van der Waals surface area contributed by atoms with Gasteiger partial charge in [-0.05, 0) is 97.1 Å². The number of hydrogen-bond acceptors (Lipinski definition) is 8. The highest BCUT2D eigenvalue weighted by molar-refractivity contribution is 6.36. The molecule has 4 amide bonds. The van der Waals surface area contributed by atoms with E-state index in [9.17, 15) is 19.5 Å². The Balaban J connectivity index is 1.16. The van der Waals surface area contributed by atoms with E-state index in [1.54, 1.807) is 79.9 Å². The summed E-state index contributed by atoms with van der Waals surface area (Å²) >= 11 is 12.7. The molecule has 0 bridgehead atoms. The number of aromatic hydroxyl groups is 1. The predicted octanol–water partition coefficient (Wildman–Crippen LogP) is 8.64. The number of carbonyl (C=O) groups excluding carboxylic acids is 4. The molecular formula is C45H36Cl2N4O6. The number of allylic oxidation sites excluding steroid dienone is 2. The van der Waals surface area contributed by atoms with Gasteiger partial charge in [-0.1, -0.05) is 83.4 Å². The number of para-hydroxylation sites is 2. The molecule has 6 unspecified atom stereocenters. The lowest BCUT2D eigenvalue weighted by molar-refractivity contribution is -0.138. The Morgan fingerprint density at radius 2 is 1.47 bits per heavy atom. The van der Waals surface area contributed by atoms with E-state index in [1.165, 1.54) is 11.0 Å². The molecule has 3 N–H and O–H groups in total. The molecule has 6 atom stereocenters. The fourth-order valence-corrected chi connectivity index (χ4v) is 10.0. The third-order valence-corrected chi connectivity index (χ3v) is 12.6. The van der Waals surface area contributed by atoms with E-state index in [0.717, 1.165) is 22.0 Å². The Bertz CT molecular complexity index is 2480. The molecule has 10 nitrogen and oxygen atoms in total. The summed E-state index contributed by atoms with van der Waals surface area (Å²) in [5.74, 6) is -5.30. The Morgan fingerprint density at radius 3 is 2.18 bits per heavy atom. The highest BCUT2D eigenvalue weighted by Crippen LogP contribution is 2.65. The second-order valence-electron chi connectivity index (χ2n) is 14.8. The zero-order chi connectivity index (χ0) is 39.6. The summed E-state index contributed by atoms with van der Waals surface area (Å²) in [7, 11) is 1.54. The molecular weight excluding hydrogens is 763 g/mol. The Kier molecular flexibility index (Phi) is 9.06. The van der Waals surface area contributed by atoms with Crippen molar-refractivity contribution in [1.29, 1.82) is 0 Å². The van der Waals surface area contributed by atoms with Gasteiger partial charge in [0.15, 0.2) is 0 Å². The number of halogens is 2. The number of benzene rings is 5. The average molecular weight is 800 g/mol. The molecule has 2 aliphatic heterocycles. The van der Waals surface area contributed by atoms with Crippen LogP contribution in [0.15, 0.2) is 133 Å². The summed E-state index contributed by atoms with van der Waals surface area (Å²) < 4.78 is 5.47. The van der Waals surface area contributed by atoms with E-state index in [1.807, 2.05) is 48.5 Å². The minimum Gasteiger partial charge on any atom is -0.508 e. The number of phenols is 1. The van der Waals surface area contributed by atoms with Crippen molar-refractivity contribution in [2.75, 3.05) is 22.8 Å². The molecule has 5 aromatic rings. The largest absolute Gasteiger partial charge is 0.508 e. The quantitative estimate of drug-likeness (QED) is 0.105. The highest BCUT2D eigenvalue weighted by Gasteiger charge is 2.70. The van der Waals surface area contributed by atoms with Gasteiger partial charge in [0, 0.05) is 27.9 Å². The highest BCUT2D eigenvalue weighted by atomic mass is 35.5. The van der Waals surface area contributed by atoms with Crippen molar-refractivity contribution in [3.05, 3.63) is 154 Å². The van der Waals surface area contributed by atoms with E-state index in [-0.39, 0.29) is 35.4 Å². The second kappa shape index (κ2) is 14.1. The molecule has 2 saturated heterocycles. The fraction of sp³-hybridized carbons (Fsp3) is 0.200. The van der Waals surface area contributed by atoms with Crippen molar-refractivity contribution in [2.24, 2.45) is 23.7 Å². The number of nitrogens with zero attached hydrogens (tertiary/aromatic N) is 2. The Morgan fingerprint density at radius 1 is 0.772 bits per heavy atom. The minimum atomic E-state index is -1.59. The molecule has 5 aromatic carbocycles. The van der Waals surface area contributed by atoms with Crippen LogP contribution in [0, 0.1) is 23.7 Å². The number of ether oxygens (including phenoxy) is 1. The van der Waals surface area contributed by atoms with E-state index in [0.29, 0.717) is 33.3 Å². The molecule has 0 radical (unpaired) electrons. The van der Waals surface area contributed by atoms with Gasteiger partial charge in [-0.2, -0.15) is 5.01 Å². The molecule has 12 heteroatoms. The van der Waals surface area contributed by atoms with Gasteiger partial charge in [0.25, 0.3) is 11.8 Å². The number of anilines is 4. The normalized spacial score (nSPS) is 25.1. The first kappa shape index (κ1) is 36.5. The van der Waals surface area contributed by atoms with Gasteiger partial charge in [0.05, 0.1) is 46.7 Å². The maximum atomic E-state index is 15.4. The number of amides is 4. The van der Waals surface area contributed by atoms with Crippen LogP contribution in [-0.2, 0) is 24.6 Å². The van der Waals surface area contributed by atoms with Crippen molar-refractivity contribution in [1.82, 2.24) is 5.01 Å². The molecule has 0 spiro atoms. The molecule has 9 rings (SSSR count). The number of fused-ring (bicyclic) bond motifs is 4. The molecule has 57 heavy (non-hydrogen) atoms. The molecule has 2 heterocycles. The van der Waals surface area contributed by atoms with Gasteiger partial charge in [0.1, 0.15) is 11.5 Å². The SMILES string of the molecule is COc1ccc(C23C(=O)N(Nc4ccc(Cl)cc4Cl)C(=O)C2CC2C(=CCC4C(=O)N(c5ccc(Nc6ccccc6)cc5)C(=O)C42)C3c2ccccc2O)cc1. The minimum absolute atomic E-state index is 0.0649. The average Bonchev–Trinajstić information content (AvgIpc) is 3.60. The van der Waals surface area contributed by atoms with Crippen molar-refractivity contribution in [3.63, 3.8) is 0 Å². The van der Waals surface area contributed by atoms with Crippen LogP contribution in [0.3, 0.4) is 0 Å². The third kappa shape index (κ3) is 5.77. The lowest BCUT2D eigenvalue weighted by atomic mass is 9.49. The molecule has 4 aliphatic rings. The first-order valence-electron chi connectivity index (χ1n) is 18.6. The first-order chi connectivity index (χ1) is 27.6. The summed E-state index contributed by atoms with van der Waals surface area (Å²) in [5, 5.41) is 16.5. The van der Waals surface area contributed by atoms with Crippen LogP contribution in [0.1, 0.15) is 29.9 Å². The van der Waals surface area contributed by atoms with Crippen molar-refractivity contribution >= 4 is 69.6 Å². The number of hydrogen-bond donors (Lipinski definition) is 3. The molecule has 286 valence electrons. The zero-order valence-electron chi connectivity index (χ0n) is 30.6. The second-order valence-corrected chi connectivity index (χ2v) is 15.7. The lowest BCUT2D eigenvalue weighted by Gasteiger charge is -2.50. The van der Waals surface area contributed by atoms with Gasteiger partial charge in [0.2, 0.25) is 11.8 Å². The van der Waals surface area contributed by atoms with Crippen LogP contribution in [-0.4, -0.2) is 40.9 Å². The summed E-state index contributed by atoms with van der Waals surface area (Å²) in [6.45, 7) is 0. The van der Waals surface area contributed by atoms with Crippen molar-refractivity contribution in [3.8, 4) is 11.5 Å². The monoisotopic (exact) mass is 798 g/mol. The molecule has 3 fully saturated rings. The van der Waals surface area contributed by atoms with E-state index < -0.39 is 46.8 Å². The van der Waals surface area contributed by atoms with Crippen LogP contribution < -0.4 is 20.4 Å². The summed E-state index contributed by atoms with van der Waals surface area (Å²) in [4.78, 5) is 60.6. The predicted molar refractivity (Wildman–Crippen MR) is 217 cm³/mol. The topological polar surface area (TPSA) is 128 Å². The number of carbonyl (C=O) groups is 4. The Hall–Kier alpha value is -6.10. The van der Waals surface area contributed by atoms with Crippen molar-refractivity contribution in [2.45, 2.75) is 24.2 Å². The molecule has 2 aliphatic carbocycles. The van der Waals surface area contributed by atoms with Crippen LogP contribution in [0.4, 0.5) is 22.7 Å². The van der Waals surface area contributed by atoms with Crippen LogP contribution in [0.25, 0.3) is 0 Å². The summed E-state index contributed by atoms with van der Waals surface area (Å²) in [5.41, 5.74) is 5.52. The van der Waals surface area contributed by atoms with E-state index in [4.69, 9.17) is 27.9 Å². The van der Waals surface area contributed by atoms with Gasteiger partial charge in [-0.15, -0.1) is 0 Å². The van der Waals surface area contributed by atoms with Crippen LogP contribution >= 0.6 is 23.2 Å². The smallest absolute Gasteiger partial charge is 0.260 e. The number of phenolic OH excluding ortho intramolecular Hbond substituents is 1. The van der Waals surface area contributed by atoms with Gasteiger partial charge in [-0.25, -0.2) is 0 Å². The third-order valence-electron chi connectivity index (χ3n) is 12.0.